The predicted molar refractivity (Wildman–Crippen MR) is 48.0 cm³/mol. The monoisotopic (exact) mass is 188 g/mol. The summed E-state index contributed by atoms with van der Waals surface area (Å²) in [5, 5.41) is 5.21. The van der Waals surface area contributed by atoms with Crippen LogP contribution >= 0.6 is 12.6 Å². The van der Waals surface area contributed by atoms with Crippen molar-refractivity contribution in [2.45, 2.75) is 25.4 Å². The highest BCUT2D eigenvalue weighted by Gasteiger charge is 2.31. The van der Waals surface area contributed by atoms with Gasteiger partial charge in [0.25, 0.3) is 0 Å². The molecule has 0 unspecified atom stereocenters. The Bertz CT molecular complexity index is 186. The van der Waals surface area contributed by atoms with Crippen molar-refractivity contribution < 1.29 is 9.59 Å². The largest absolute Gasteiger partial charge is 0.343 e. The zero-order chi connectivity index (χ0) is 9.14. The molecule has 1 aliphatic rings. The molecule has 1 fully saturated rings. The van der Waals surface area contributed by atoms with Crippen LogP contribution in [0.1, 0.15) is 13.3 Å². The highest BCUT2D eigenvalue weighted by molar-refractivity contribution is 7.80. The molecule has 0 aliphatic carbocycles. The molecule has 2 amide bonds. The number of thiol groups is 1. The van der Waals surface area contributed by atoms with Gasteiger partial charge in [-0.05, 0) is 6.42 Å². The number of carbonyl (C=O) groups excluding carboxylic acids is 2. The van der Waals surface area contributed by atoms with Crippen LogP contribution in [0.4, 0.5) is 0 Å². The summed E-state index contributed by atoms with van der Waals surface area (Å²) in [5.74, 6) is 0.0844. The van der Waals surface area contributed by atoms with E-state index in [0.29, 0.717) is 12.2 Å². The molecule has 0 aromatic carbocycles. The van der Waals surface area contributed by atoms with Gasteiger partial charge in [-0.15, -0.1) is 0 Å². The molecule has 0 saturated carbocycles. The lowest BCUT2D eigenvalue weighted by molar-refractivity contribution is -0.136. The lowest BCUT2D eigenvalue weighted by Gasteiger charge is -2.27. The van der Waals surface area contributed by atoms with Crippen LogP contribution in [0, 0.1) is 0 Å². The second kappa shape index (κ2) is 3.80. The molecule has 1 aliphatic heterocycles. The van der Waals surface area contributed by atoms with Gasteiger partial charge in [0, 0.05) is 5.75 Å². The Morgan fingerprint density at radius 3 is 2.25 bits per heavy atom. The third-order valence-corrected chi connectivity index (χ3v) is 2.22. The van der Waals surface area contributed by atoms with Gasteiger partial charge in [0.2, 0.25) is 11.8 Å². The van der Waals surface area contributed by atoms with Crippen LogP contribution in [0.15, 0.2) is 0 Å². The van der Waals surface area contributed by atoms with Gasteiger partial charge < -0.3 is 10.6 Å². The maximum Gasteiger partial charge on any atom is 0.244 e. The third kappa shape index (κ3) is 1.72. The summed E-state index contributed by atoms with van der Waals surface area (Å²) in [7, 11) is 0. The molecule has 0 aromatic rings. The van der Waals surface area contributed by atoms with Gasteiger partial charge in [-0.1, -0.05) is 6.92 Å². The Balaban J connectivity index is 2.61. The normalized spacial score (nSPS) is 29.5. The molecule has 2 N–H and O–H groups in total. The number of carbonyl (C=O) groups is 2. The minimum Gasteiger partial charge on any atom is -0.343 e. The van der Waals surface area contributed by atoms with Crippen molar-refractivity contribution in [2.75, 3.05) is 5.75 Å². The quantitative estimate of drug-likeness (QED) is 0.502. The Kier molecular flexibility index (Phi) is 2.97. The van der Waals surface area contributed by atoms with E-state index in [9.17, 15) is 9.59 Å². The number of rotatable bonds is 2. The fourth-order valence-electron chi connectivity index (χ4n) is 1.09. The van der Waals surface area contributed by atoms with Crippen molar-refractivity contribution in [3.63, 3.8) is 0 Å². The molecule has 0 aromatic heterocycles. The fraction of sp³-hybridized carbons (Fsp3) is 0.714. The molecular weight excluding hydrogens is 176 g/mol. The van der Waals surface area contributed by atoms with Crippen molar-refractivity contribution in [2.24, 2.45) is 0 Å². The fourth-order valence-corrected chi connectivity index (χ4v) is 1.35. The van der Waals surface area contributed by atoms with Crippen molar-refractivity contribution >= 4 is 24.4 Å². The van der Waals surface area contributed by atoms with Crippen molar-refractivity contribution in [1.29, 1.82) is 0 Å². The minimum absolute atomic E-state index is 0.115. The van der Waals surface area contributed by atoms with Crippen molar-refractivity contribution in [3.05, 3.63) is 0 Å². The summed E-state index contributed by atoms with van der Waals surface area (Å²) in [5.41, 5.74) is 0. The number of amides is 2. The van der Waals surface area contributed by atoms with Crippen LogP contribution in [-0.2, 0) is 9.59 Å². The van der Waals surface area contributed by atoms with Gasteiger partial charge in [-0.25, -0.2) is 0 Å². The summed E-state index contributed by atoms with van der Waals surface area (Å²) in [6.07, 6.45) is 0.622. The Hall–Kier alpha value is -0.710. The Labute approximate surface area is 76.5 Å². The average Bonchev–Trinajstić information content (AvgIpc) is 2.08. The summed E-state index contributed by atoms with van der Waals surface area (Å²) in [4.78, 5) is 22.3. The van der Waals surface area contributed by atoms with E-state index in [0.717, 1.165) is 0 Å². The summed E-state index contributed by atoms with van der Waals surface area (Å²) in [6.45, 7) is 1.85. The molecule has 68 valence electrons. The molecule has 12 heavy (non-hydrogen) atoms. The van der Waals surface area contributed by atoms with Gasteiger partial charge in [0.15, 0.2) is 0 Å². The molecule has 0 bridgehead atoms. The zero-order valence-electron chi connectivity index (χ0n) is 6.83. The lowest BCUT2D eigenvalue weighted by Crippen LogP contribution is -2.62. The topological polar surface area (TPSA) is 58.2 Å². The molecule has 1 saturated heterocycles. The first kappa shape index (κ1) is 9.38. The summed E-state index contributed by atoms with van der Waals surface area (Å²) >= 11 is 3.95. The van der Waals surface area contributed by atoms with Crippen LogP contribution in [0.3, 0.4) is 0 Å². The number of piperazine rings is 1. The van der Waals surface area contributed by atoms with Crippen LogP contribution < -0.4 is 10.6 Å². The van der Waals surface area contributed by atoms with Crippen LogP contribution in [0.5, 0.6) is 0 Å². The van der Waals surface area contributed by atoms with E-state index in [1.807, 2.05) is 6.92 Å². The van der Waals surface area contributed by atoms with Gasteiger partial charge >= 0.3 is 0 Å². The highest BCUT2D eigenvalue weighted by Crippen LogP contribution is 2.01. The molecule has 5 heteroatoms. The van der Waals surface area contributed by atoms with E-state index in [-0.39, 0.29) is 17.9 Å². The first-order chi connectivity index (χ1) is 5.69. The maximum absolute atomic E-state index is 11.2. The number of hydrogen-bond donors (Lipinski definition) is 3. The summed E-state index contributed by atoms with van der Waals surface area (Å²) in [6, 6.07) is -0.836. The molecule has 1 rings (SSSR count). The van der Waals surface area contributed by atoms with Crippen LogP contribution in [0.2, 0.25) is 0 Å². The summed E-state index contributed by atoms with van der Waals surface area (Å²) < 4.78 is 0. The second-order valence-electron chi connectivity index (χ2n) is 2.71. The molecule has 4 nitrogen and oxygen atoms in total. The van der Waals surface area contributed by atoms with Crippen LogP contribution in [0.25, 0.3) is 0 Å². The van der Waals surface area contributed by atoms with Gasteiger partial charge in [0.1, 0.15) is 12.1 Å². The molecule has 2 atom stereocenters. The lowest BCUT2D eigenvalue weighted by atomic mass is 10.1. The van der Waals surface area contributed by atoms with E-state index in [4.69, 9.17) is 0 Å². The Morgan fingerprint density at radius 1 is 1.25 bits per heavy atom. The minimum atomic E-state index is -0.469. The zero-order valence-corrected chi connectivity index (χ0v) is 7.73. The van der Waals surface area contributed by atoms with E-state index in [2.05, 4.69) is 23.3 Å². The molecule has 0 spiro atoms. The third-order valence-electron chi connectivity index (χ3n) is 1.86. The van der Waals surface area contributed by atoms with E-state index >= 15 is 0 Å². The highest BCUT2D eigenvalue weighted by atomic mass is 32.1. The first-order valence-electron chi connectivity index (χ1n) is 3.90. The molecular formula is C7H12N2O2S. The van der Waals surface area contributed by atoms with E-state index < -0.39 is 6.04 Å². The van der Waals surface area contributed by atoms with E-state index in [1.54, 1.807) is 0 Å². The first-order valence-corrected chi connectivity index (χ1v) is 4.54. The Morgan fingerprint density at radius 2 is 1.75 bits per heavy atom. The van der Waals surface area contributed by atoms with Crippen molar-refractivity contribution in [1.82, 2.24) is 10.6 Å². The van der Waals surface area contributed by atoms with Crippen LogP contribution in [-0.4, -0.2) is 29.7 Å². The molecule has 0 radical (unpaired) electrons. The van der Waals surface area contributed by atoms with Gasteiger partial charge in [-0.2, -0.15) is 12.6 Å². The average molecular weight is 188 g/mol. The number of nitrogens with one attached hydrogen (secondary N) is 2. The van der Waals surface area contributed by atoms with Gasteiger partial charge in [0.05, 0.1) is 0 Å². The SMILES string of the molecule is CC[C@H]1NC(=O)[C@H](CS)NC1=O. The smallest absolute Gasteiger partial charge is 0.244 e. The number of hydrogen-bond acceptors (Lipinski definition) is 3. The second-order valence-corrected chi connectivity index (χ2v) is 3.08. The van der Waals surface area contributed by atoms with Crippen molar-refractivity contribution in [3.8, 4) is 0 Å². The van der Waals surface area contributed by atoms with E-state index in [1.165, 1.54) is 0 Å². The standard InChI is InChI=1S/C7H12N2O2S/c1-2-4-6(10)9-5(3-12)7(11)8-4/h4-5,12H,2-3H2,1H3,(H,8,11)(H,9,10)/t4-,5+/m1/s1. The maximum atomic E-state index is 11.2. The predicted octanol–water partition coefficient (Wildman–Crippen LogP) is -0.691. The molecule has 1 heterocycles. The van der Waals surface area contributed by atoms with Gasteiger partial charge in [-0.3, -0.25) is 9.59 Å².